The van der Waals surface area contributed by atoms with Crippen LogP contribution in [0.4, 0.5) is 0 Å². The molecule has 2 aromatic carbocycles. The number of hydrogen-bond acceptors (Lipinski definition) is 3. The number of aliphatic hydroxyl groups is 1. The molecule has 1 heterocycles. The SMILES string of the molecule is CC(C)(C)[Si](OC[C@@H]1C[C@@H](O)CCO1)(c1ccccc1)c1ccccc1. The van der Waals surface area contributed by atoms with Crippen molar-refractivity contribution in [3.05, 3.63) is 60.7 Å². The maximum Gasteiger partial charge on any atom is 0.261 e. The summed E-state index contributed by atoms with van der Waals surface area (Å²) in [5.41, 5.74) is 0. The molecule has 140 valence electrons. The van der Waals surface area contributed by atoms with Crippen molar-refractivity contribution >= 4 is 18.7 Å². The van der Waals surface area contributed by atoms with Gasteiger partial charge in [0.1, 0.15) is 0 Å². The Morgan fingerprint density at radius 1 is 1.00 bits per heavy atom. The van der Waals surface area contributed by atoms with Crippen molar-refractivity contribution in [2.45, 2.75) is 50.9 Å². The molecule has 0 amide bonds. The van der Waals surface area contributed by atoms with E-state index in [2.05, 4.69) is 81.4 Å². The molecule has 0 radical (unpaired) electrons. The van der Waals surface area contributed by atoms with Crippen LogP contribution in [0.5, 0.6) is 0 Å². The number of hydrogen-bond donors (Lipinski definition) is 1. The molecule has 1 aliphatic heterocycles. The van der Waals surface area contributed by atoms with Crippen molar-refractivity contribution in [3.8, 4) is 0 Å². The number of benzene rings is 2. The van der Waals surface area contributed by atoms with E-state index in [0.29, 0.717) is 19.6 Å². The number of aliphatic hydroxyl groups excluding tert-OH is 1. The molecule has 2 aromatic rings. The van der Waals surface area contributed by atoms with Gasteiger partial charge in [0.15, 0.2) is 0 Å². The number of rotatable bonds is 5. The fourth-order valence-corrected chi connectivity index (χ4v) is 8.55. The highest BCUT2D eigenvalue weighted by Gasteiger charge is 2.50. The summed E-state index contributed by atoms with van der Waals surface area (Å²) in [5.74, 6) is 0. The zero-order chi connectivity index (χ0) is 18.6. The minimum Gasteiger partial charge on any atom is -0.405 e. The van der Waals surface area contributed by atoms with Gasteiger partial charge >= 0.3 is 0 Å². The molecular weight excluding hydrogens is 340 g/mol. The van der Waals surface area contributed by atoms with Crippen LogP contribution in [-0.4, -0.2) is 38.8 Å². The first-order valence-corrected chi connectivity index (χ1v) is 11.4. The molecule has 1 N–H and O–H groups in total. The average Bonchev–Trinajstić information content (AvgIpc) is 2.63. The predicted molar refractivity (Wildman–Crippen MR) is 109 cm³/mol. The van der Waals surface area contributed by atoms with Gasteiger partial charge in [0.25, 0.3) is 8.32 Å². The van der Waals surface area contributed by atoms with Crippen molar-refractivity contribution in [2.75, 3.05) is 13.2 Å². The Hall–Kier alpha value is -1.46. The lowest BCUT2D eigenvalue weighted by atomic mass is 10.1. The van der Waals surface area contributed by atoms with Gasteiger partial charge < -0.3 is 14.3 Å². The van der Waals surface area contributed by atoms with Crippen LogP contribution in [0, 0.1) is 0 Å². The molecular formula is C22H30O3Si. The molecule has 26 heavy (non-hydrogen) atoms. The lowest BCUT2D eigenvalue weighted by molar-refractivity contribution is -0.0614. The van der Waals surface area contributed by atoms with Gasteiger partial charge in [-0.25, -0.2) is 0 Å². The summed E-state index contributed by atoms with van der Waals surface area (Å²) in [6, 6.07) is 21.3. The third-order valence-electron chi connectivity index (χ3n) is 5.24. The fraction of sp³-hybridized carbons (Fsp3) is 0.455. The maximum absolute atomic E-state index is 9.98. The van der Waals surface area contributed by atoms with E-state index in [-0.39, 0.29) is 17.2 Å². The zero-order valence-electron chi connectivity index (χ0n) is 16.0. The third-order valence-corrected chi connectivity index (χ3v) is 10.2. The molecule has 0 aliphatic carbocycles. The first-order valence-electron chi connectivity index (χ1n) is 9.48. The van der Waals surface area contributed by atoms with Crippen LogP contribution in [0.15, 0.2) is 60.7 Å². The van der Waals surface area contributed by atoms with Crippen LogP contribution in [0.2, 0.25) is 5.04 Å². The van der Waals surface area contributed by atoms with Gasteiger partial charge in [-0.05, 0) is 21.8 Å². The van der Waals surface area contributed by atoms with Gasteiger partial charge in [-0.3, -0.25) is 0 Å². The van der Waals surface area contributed by atoms with E-state index < -0.39 is 8.32 Å². The second-order valence-electron chi connectivity index (χ2n) is 8.15. The third kappa shape index (κ3) is 3.94. The van der Waals surface area contributed by atoms with E-state index in [1.165, 1.54) is 10.4 Å². The Morgan fingerprint density at radius 2 is 1.54 bits per heavy atom. The molecule has 3 rings (SSSR count). The van der Waals surface area contributed by atoms with Gasteiger partial charge in [0.2, 0.25) is 0 Å². The van der Waals surface area contributed by atoms with Crippen molar-refractivity contribution in [3.63, 3.8) is 0 Å². The first kappa shape index (κ1) is 19.3. The smallest absolute Gasteiger partial charge is 0.261 e. The zero-order valence-corrected chi connectivity index (χ0v) is 17.0. The maximum atomic E-state index is 9.98. The quantitative estimate of drug-likeness (QED) is 0.822. The van der Waals surface area contributed by atoms with Gasteiger partial charge in [0.05, 0.1) is 18.8 Å². The second kappa shape index (κ2) is 8.05. The molecule has 1 aliphatic rings. The van der Waals surface area contributed by atoms with Gasteiger partial charge in [0, 0.05) is 13.0 Å². The van der Waals surface area contributed by atoms with Crippen molar-refractivity contribution in [1.29, 1.82) is 0 Å². The Morgan fingerprint density at radius 3 is 2.00 bits per heavy atom. The lowest BCUT2D eigenvalue weighted by Gasteiger charge is -2.44. The summed E-state index contributed by atoms with van der Waals surface area (Å²) in [6.45, 7) is 7.95. The average molecular weight is 371 g/mol. The summed E-state index contributed by atoms with van der Waals surface area (Å²) in [7, 11) is -2.52. The fourth-order valence-electron chi connectivity index (χ4n) is 3.96. The molecule has 4 heteroatoms. The molecule has 3 nitrogen and oxygen atoms in total. The van der Waals surface area contributed by atoms with Crippen LogP contribution in [-0.2, 0) is 9.16 Å². The summed E-state index contributed by atoms with van der Waals surface area (Å²) in [4.78, 5) is 0. The van der Waals surface area contributed by atoms with Gasteiger partial charge in [-0.2, -0.15) is 0 Å². The Bertz CT molecular complexity index is 642. The van der Waals surface area contributed by atoms with E-state index in [0.717, 1.165) is 6.42 Å². The highest BCUT2D eigenvalue weighted by atomic mass is 28.4. The number of ether oxygens (including phenoxy) is 1. The largest absolute Gasteiger partial charge is 0.405 e. The molecule has 0 bridgehead atoms. The Labute approximate surface area is 158 Å². The standard InChI is InChI=1S/C22H30O3Si/c1-22(2,3)26(20-10-6-4-7-11-20,21-12-8-5-9-13-21)25-17-19-16-18(23)14-15-24-19/h4-13,18-19,23H,14-17H2,1-3H3/t18-,19-/m0/s1. The molecule has 2 atom stereocenters. The topological polar surface area (TPSA) is 38.7 Å². The molecule has 1 saturated heterocycles. The molecule has 0 aromatic heterocycles. The highest BCUT2D eigenvalue weighted by Crippen LogP contribution is 2.37. The van der Waals surface area contributed by atoms with E-state index in [1.54, 1.807) is 0 Å². The van der Waals surface area contributed by atoms with Crippen LogP contribution >= 0.6 is 0 Å². The summed E-state index contributed by atoms with van der Waals surface area (Å²) >= 11 is 0. The summed E-state index contributed by atoms with van der Waals surface area (Å²) in [6.07, 6.45) is 1.05. The van der Waals surface area contributed by atoms with Crippen LogP contribution in [0.3, 0.4) is 0 Å². The van der Waals surface area contributed by atoms with Crippen LogP contribution in [0.25, 0.3) is 0 Å². The monoisotopic (exact) mass is 370 g/mol. The van der Waals surface area contributed by atoms with Crippen molar-refractivity contribution in [2.24, 2.45) is 0 Å². The Kier molecular flexibility index (Phi) is 5.98. The van der Waals surface area contributed by atoms with E-state index in [1.807, 2.05) is 0 Å². The molecule has 0 unspecified atom stereocenters. The van der Waals surface area contributed by atoms with E-state index >= 15 is 0 Å². The molecule has 0 saturated carbocycles. The summed E-state index contributed by atoms with van der Waals surface area (Å²) in [5, 5.41) is 12.5. The first-order chi connectivity index (χ1) is 12.4. The van der Waals surface area contributed by atoms with Crippen LogP contribution in [0.1, 0.15) is 33.6 Å². The van der Waals surface area contributed by atoms with Crippen molar-refractivity contribution < 1.29 is 14.3 Å². The predicted octanol–water partition coefficient (Wildman–Crippen LogP) is 3.10. The van der Waals surface area contributed by atoms with Crippen molar-refractivity contribution in [1.82, 2.24) is 0 Å². The van der Waals surface area contributed by atoms with E-state index in [4.69, 9.17) is 9.16 Å². The Balaban J connectivity index is 2.00. The van der Waals surface area contributed by atoms with Gasteiger partial charge in [-0.15, -0.1) is 0 Å². The van der Waals surface area contributed by atoms with E-state index in [9.17, 15) is 5.11 Å². The highest BCUT2D eigenvalue weighted by molar-refractivity contribution is 6.99. The molecule has 1 fully saturated rings. The minimum absolute atomic E-state index is 0.0387. The molecule has 0 spiro atoms. The normalized spacial score (nSPS) is 21.5. The minimum atomic E-state index is -2.52. The lowest BCUT2D eigenvalue weighted by Crippen LogP contribution is -2.67. The summed E-state index contributed by atoms with van der Waals surface area (Å²) < 4.78 is 12.7. The second-order valence-corrected chi connectivity index (χ2v) is 12.5. The van der Waals surface area contributed by atoms with Gasteiger partial charge in [-0.1, -0.05) is 81.4 Å². The van der Waals surface area contributed by atoms with Crippen LogP contribution < -0.4 is 10.4 Å².